The van der Waals surface area contributed by atoms with Crippen LogP contribution in [-0.4, -0.2) is 34.7 Å². The Bertz CT molecular complexity index is 879. The Morgan fingerprint density at radius 3 is 2.30 bits per heavy atom. The molecule has 1 N–H and O–H groups in total. The van der Waals surface area contributed by atoms with Crippen molar-refractivity contribution < 1.29 is 32.6 Å². The Labute approximate surface area is 220 Å². The SMILES string of the molecule is C[C@H](CCC(=O)OC(C)(C)C)[C@H]1CC[C@H]2[C@@H]3CCC4C[C@H](O)CC(C(=O)C(F)(F)F)[C@]4(C)[C@H]3CC[C@]12C. The molecule has 4 aliphatic carbocycles. The Balaban J connectivity index is 1.52. The van der Waals surface area contributed by atoms with Gasteiger partial charge in [0.1, 0.15) is 5.60 Å². The highest BCUT2D eigenvalue weighted by Crippen LogP contribution is 2.69. The van der Waals surface area contributed by atoms with Gasteiger partial charge in [-0.05, 0) is 125 Å². The summed E-state index contributed by atoms with van der Waals surface area (Å²) in [5.74, 6) is -1.28. The summed E-state index contributed by atoms with van der Waals surface area (Å²) in [7, 11) is 0. The standard InChI is InChI=1S/C30H47F3O4/c1-17(7-12-25(35)37-27(2,3)4)21-10-11-22-20-9-8-18-15-19(34)16-24(26(36)30(31,32)33)29(18,6)23(20)13-14-28(21,22)5/h17-24,34H,7-16H2,1-6H3/t17-,18?,19+,20+,21-,22+,23+,24?,28-,29+/m1/s1. The van der Waals surface area contributed by atoms with Crippen LogP contribution in [0.3, 0.4) is 0 Å². The largest absolute Gasteiger partial charge is 0.460 e. The number of fused-ring (bicyclic) bond motifs is 5. The van der Waals surface area contributed by atoms with Gasteiger partial charge in [0.05, 0.1) is 6.10 Å². The predicted octanol–water partition coefficient (Wildman–Crippen LogP) is 7.12. The van der Waals surface area contributed by atoms with Gasteiger partial charge in [0.2, 0.25) is 5.78 Å². The molecule has 4 nitrogen and oxygen atoms in total. The predicted molar refractivity (Wildman–Crippen MR) is 135 cm³/mol. The maximum Gasteiger partial charge on any atom is 0.450 e. The van der Waals surface area contributed by atoms with Crippen molar-refractivity contribution in [3.8, 4) is 0 Å². The lowest BCUT2D eigenvalue weighted by atomic mass is 9.41. The molecule has 2 unspecified atom stereocenters. The second-order valence-corrected chi connectivity index (χ2v) is 14.4. The number of aliphatic hydroxyl groups is 1. The molecule has 4 fully saturated rings. The molecule has 0 heterocycles. The summed E-state index contributed by atoms with van der Waals surface area (Å²) >= 11 is 0. The van der Waals surface area contributed by atoms with Gasteiger partial charge in [0.15, 0.2) is 0 Å². The molecule has 0 aliphatic heterocycles. The molecular weight excluding hydrogens is 481 g/mol. The fourth-order valence-corrected chi connectivity index (χ4v) is 9.84. The number of hydrogen-bond acceptors (Lipinski definition) is 4. The number of carbonyl (C=O) groups excluding carboxylic acids is 2. The molecule has 0 spiro atoms. The summed E-state index contributed by atoms with van der Waals surface area (Å²) in [6.07, 6.45) is 1.66. The van der Waals surface area contributed by atoms with Gasteiger partial charge in [0, 0.05) is 12.3 Å². The van der Waals surface area contributed by atoms with Crippen molar-refractivity contribution in [1.82, 2.24) is 0 Å². The summed E-state index contributed by atoms with van der Waals surface area (Å²) < 4.78 is 46.6. The molecule has 212 valence electrons. The summed E-state index contributed by atoms with van der Waals surface area (Å²) in [4.78, 5) is 25.0. The Morgan fingerprint density at radius 2 is 1.68 bits per heavy atom. The second kappa shape index (κ2) is 9.82. The van der Waals surface area contributed by atoms with E-state index in [1.54, 1.807) is 0 Å². The summed E-state index contributed by atoms with van der Waals surface area (Å²) in [6, 6.07) is 0. The highest BCUT2D eigenvalue weighted by molar-refractivity contribution is 5.87. The minimum Gasteiger partial charge on any atom is -0.460 e. The van der Waals surface area contributed by atoms with Gasteiger partial charge >= 0.3 is 12.1 Å². The molecule has 0 aromatic carbocycles. The van der Waals surface area contributed by atoms with Gasteiger partial charge < -0.3 is 9.84 Å². The second-order valence-electron chi connectivity index (χ2n) is 14.4. The normalized spacial score (nSPS) is 42.8. The average Bonchev–Trinajstić information content (AvgIpc) is 3.12. The number of carbonyl (C=O) groups is 2. The van der Waals surface area contributed by atoms with Gasteiger partial charge in [-0.2, -0.15) is 13.2 Å². The topological polar surface area (TPSA) is 63.6 Å². The zero-order chi connectivity index (χ0) is 27.6. The lowest BCUT2D eigenvalue weighted by Gasteiger charge is -2.63. The lowest BCUT2D eigenvalue weighted by Crippen LogP contribution is -2.60. The molecular formula is C30H47F3O4. The number of hydrogen-bond donors (Lipinski definition) is 1. The van der Waals surface area contributed by atoms with Crippen LogP contribution in [0.15, 0.2) is 0 Å². The molecule has 37 heavy (non-hydrogen) atoms. The first-order valence-electron chi connectivity index (χ1n) is 14.5. The third kappa shape index (κ3) is 5.24. The van der Waals surface area contributed by atoms with Crippen molar-refractivity contribution in [3.63, 3.8) is 0 Å². The number of alkyl halides is 3. The van der Waals surface area contributed by atoms with Crippen molar-refractivity contribution in [2.45, 2.75) is 124 Å². The van der Waals surface area contributed by atoms with Crippen LogP contribution in [0.2, 0.25) is 0 Å². The average molecular weight is 529 g/mol. The minimum absolute atomic E-state index is 0.0388. The number of halogens is 3. The van der Waals surface area contributed by atoms with Gasteiger partial charge in [-0.3, -0.25) is 9.59 Å². The first-order chi connectivity index (χ1) is 17.0. The van der Waals surface area contributed by atoms with Crippen LogP contribution in [-0.2, 0) is 14.3 Å². The van der Waals surface area contributed by atoms with Gasteiger partial charge in [-0.15, -0.1) is 0 Å². The van der Waals surface area contributed by atoms with E-state index in [-0.39, 0.29) is 29.6 Å². The van der Waals surface area contributed by atoms with Crippen LogP contribution in [0.4, 0.5) is 13.2 Å². The first kappa shape index (κ1) is 28.9. The quantitative estimate of drug-likeness (QED) is 0.386. The zero-order valence-electron chi connectivity index (χ0n) is 23.5. The molecule has 10 atom stereocenters. The molecule has 7 heteroatoms. The third-order valence-corrected chi connectivity index (χ3v) is 11.4. The molecule has 0 amide bonds. The number of ether oxygens (including phenoxy) is 1. The summed E-state index contributed by atoms with van der Waals surface area (Å²) in [5.41, 5.74) is -1.09. The highest BCUT2D eigenvalue weighted by Gasteiger charge is 2.65. The molecule has 4 rings (SSSR count). The van der Waals surface area contributed by atoms with Crippen LogP contribution >= 0.6 is 0 Å². The van der Waals surface area contributed by atoms with Gasteiger partial charge in [-0.25, -0.2) is 0 Å². The van der Waals surface area contributed by atoms with Crippen molar-refractivity contribution in [2.75, 3.05) is 0 Å². The van der Waals surface area contributed by atoms with E-state index in [9.17, 15) is 27.9 Å². The van der Waals surface area contributed by atoms with E-state index in [2.05, 4.69) is 13.8 Å². The van der Waals surface area contributed by atoms with Crippen molar-refractivity contribution in [1.29, 1.82) is 0 Å². The van der Waals surface area contributed by atoms with Crippen LogP contribution < -0.4 is 0 Å². The summed E-state index contributed by atoms with van der Waals surface area (Å²) in [6.45, 7) is 12.2. The van der Waals surface area contributed by atoms with Crippen molar-refractivity contribution in [2.24, 2.45) is 52.3 Å². The van der Waals surface area contributed by atoms with Crippen LogP contribution in [0.1, 0.15) is 106 Å². The minimum atomic E-state index is -4.87. The van der Waals surface area contributed by atoms with Gasteiger partial charge in [0.25, 0.3) is 0 Å². The number of aliphatic hydroxyl groups excluding tert-OH is 1. The van der Waals surface area contributed by atoms with Crippen LogP contribution in [0.5, 0.6) is 0 Å². The fourth-order valence-electron chi connectivity index (χ4n) is 9.84. The summed E-state index contributed by atoms with van der Waals surface area (Å²) in [5, 5.41) is 10.4. The van der Waals surface area contributed by atoms with E-state index < -0.39 is 35.0 Å². The lowest BCUT2D eigenvalue weighted by molar-refractivity contribution is -0.201. The maximum atomic E-state index is 13.7. The Hall–Kier alpha value is -1.11. The number of Topliss-reactive ketones (excluding diaryl/α,β-unsaturated/α-hetero) is 1. The van der Waals surface area contributed by atoms with Crippen LogP contribution in [0, 0.1) is 52.3 Å². The van der Waals surface area contributed by atoms with E-state index in [4.69, 9.17) is 4.74 Å². The number of rotatable bonds is 5. The Morgan fingerprint density at radius 1 is 1.00 bits per heavy atom. The van der Waals surface area contributed by atoms with Crippen molar-refractivity contribution >= 4 is 11.8 Å². The highest BCUT2D eigenvalue weighted by atomic mass is 19.4. The van der Waals surface area contributed by atoms with E-state index in [0.717, 1.165) is 44.9 Å². The molecule has 0 aromatic heterocycles. The van der Waals surface area contributed by atoms with Gasteiger partial charge in [-0.1, -0.05) is 20.8 Å². The van der Waals surface area contributed by atoms with E-state index in [0.29, 0.717) is 36.5 Å². The molecule has 4 saturated carbocycles. The van der Waals surface area contributed by atoms with E-state index in [1.165, 1.54) is 0 Å². The molecule has 4 aliphatic rings. The number of esters is 1. The first-order valence-corrected chi connectivity index (χ1v) is 14.5. The monoisotopic (exact) mass is 528 g/mol. The molecule has 0 bridgehead atoms. The number of ketones is 1. The van der Waals surface area contributed by atoms with E-state index >= 15 is 0 Å². The maximum absolute atomic E-state index is 13.7. The van der Waals surface area contributed by atoms with Crippen LogP contribution in [0.25, 0.3) is 0 Å². The van der Waals surface area contributed by atoms with E-state index in [1.807, 2.05) is 27.7 Å². The fraction of sp³-hybridized carbons (Fsp3) is 0.933. The smallest absolute Gasteiger partial charge is 0.450 e. The van der Waals surface area contributed by atoms with Crippen molar-refractivity contribution in [3.05, 3.63) is 0 Å². The molecule has 0 saturated heterocycles. The molecule has 0 aromatic rings. The zero-order valence-corrected chi connectivity index (χ0v) is 23.5. The Kier molecular flexibility index (Phi) is 7.66. The third-order valence-electron chi connectivity index (χ3n) is 11.4. The molecule has 0 radical (unpaired) electrons.